The summed E-state index contributed by atoms with van der Waals surface area (Å²) in [5.74, 6) is 1.96. The molecule has 66 heavy (non-hydrogen) atoms. The summed E-state index contributed by atoms with van der Waals surface area (Å²) in [7, 11) is 0. The van der Waals surface area contributed by atoms with Gasteiger partial charge >= 0.3 is 0 Å². The molecule has 0 aliphatic rings. The van der Waals surface area contributed by atoms with Gasteiger partial charge < -0.3 is 44.7 Å². The highest BCUT2D eigenvalue weighted by molar-refractivity contribution is 7.47. The van der Waals surface area contributed by atoms with Crippen molar-refractivity contribution < 1.29 is 33.6 Å². The second-order valence-corrected chi connectivity index (χ2v) is 14.2. The number of halogens is 1. The third-order valence-corrected chi connectivity index (χ3v) is 10.1. The van der Waals surface area contributed by atoms with Gasteiger partial charge in [-0.3, -0.25) is 20.2 Å². The SMILES string of the molecule is CCN(CC)CCO.CCN(CC)CCOc1ccc(N)cc1.CCN(CC)CCOc1ccc(N=S)cc1.CCN(CC)CCOc1ccc([N+](=O)[O-])cc1.O=[N+]([O-])c1ccc(F)cc1. The van der Waals surface area contributed by atoms with Gasteiger partial charge in [-0.2, -0.15) is 4.36 Å². The number of benzene rings is 4. The lowest BCUT2D eigenvalue weighted by Gasteiger charge is -2.17. The zero-order valence-corrected chi connectivity index (χ0v) is 41.2. The van der Waals surface area contributed by atoms with Crippen LogP contribution in [0.1, 0.15) is 55.4 Å². The van der Waals surface area contributed by atoms with Crippen LogP contribution >= 0.6 is 0 Å². The maximum absolute atomic E-state index is 12.1. The molecule has 16 nitrogen and oxygen atoms in total. The Kier molecular flexibility index (Phi) is 35.7. The van der Waals surface area contributed by atoms with Crippen molar-refractivity contribution in [3.05, 3.63) is 123 Å². The van der Waals surface area contributed by atoms with E-state index in [4.69, 9.17) is 25.1 Å². The summed E-state index contributed by atoms with van der Waals surface area (Å²) in [6, 6.07) is 25.5. The zero-order chi connectivity index (χ0) is 49.5. The number of nitro benzene ring substituents is 2. The number of hydrogen-bond acceptors (Lipinski definition) is 15. The lowest BCUT2D eigenvalue weighted by Crippen LogP contribution is -2.27. The quantitative estimate of drug-likeness (QED) is 0.0364. The number of nitrogens with two attached hydrogens (primary N) is 1. The molecule has 4 aromatic carbocycles. The third-order valence-electron chi connectivity index (χ3n) is 9.93. The zero-order valence-electron chi connectivity index (χ0n) is 40.4. The van der Waals surface area contributed by atoms with Crippen molar-refractivity contribution in [3.63, 3.8) is 0 Å². The summed E-state index contributed by atoms with van der Waals surface area (Å²) in [6.07, 6.45) is 0. The Balaban J connectivity index is 0.000000819. The molecule has 0 aliphatic carbocycles. The predicted molar refractivity (Wildman–Crippen MR) is 268 cm³/mol. The van der Waals surface area contributed by atoms with E-state index < -0.39 is 15.7 Å². The van der Waals surface area contributed by atoms with Crippen molar-refractivity contribution in [2.24, 2.45) is 4.36 Å². The lowest BCUT2D eigenvalue weighted by atomic mass is 10.3. The molecule has 0 aromatic heterocycles. The molecule has 18 heteroatoms. The molecule has 0 saturated carbocycles. The minimum absolute atomic E-state index is 0.0843. The molecule has 0 saturated heterocycles. The Bertz CT molecular complexity index is 1800. The topological polar surface area (TPSA) is 186 Å². The van der Waals surface area contributed by atoms with Gasteiger partial charge in [0, 0.05) is 68.6 Å². The van der Waals surface area contributed by atoms with Gasteiger partial charge in [0.05, 0.1) is 22.1 Å². The van der Waals surface area contributed by atoms with Gasteiger partial charge in [-0.15, -0.1) is 0 Å². The van der Waals surface area contributed by atoms with Gasteiger partial charge in [0.25, 0.3) is 11.4 Å². The molecule has 0 unspecified atom stereocenters. The van der Waals surface area contributed by atoms with E-state index in [1.807, 2.05) is 48.5 Å². The van der Waals surface area contributed by atoms with Gasteiger partial charge in [0.1, 0.15) is 42.9 Å². The van der Waals surface area contributed by atoms with Crippen molar-refractivity contribution in [2.45, 2.75) is 55.4 Å². The molecule has 368 valence electrons. The first kappa shape index (κ1) is 60.6. The average molecular weight is 943 g/mol. The number of hydrogen-bond donors (Lipinski definition) is 2. The predicted octanol–water partition coefficient (Wildman–Crippen LogP) is 9.13. The van der Waals surface area contributed by atoms with Crippen molar-refractivity contribution >= 4 is 35.2 Å². The molecule has 4 aromatic rings. The minimum Gasteiger partial charge on any atom is -0.492 e. The Morgan fingerprint density at radius 3 is 1.09 bits per heavy atom. The molecule has 0 bridgehead atoms. The number of nitro groups is 2. The van der Waals surface area contributed by atoms with Gasteiger partial charge in [-0.1, -0.05) is 55.4 Å². The Hall–Kier alpha value is -5.37. The number of rotatable bonds is 25. The molecule has 4 rings (SSSR count). The summed E-state index contributed by atoms with van der Waals surface area (Å²) in [5.41, 5.74) is 7.14. The summed E-state index contributed by atoms with van der Waals surface area (Å²) in [6.45, 7) is 31.3. The van der Waals surface area contributed by atoms with Crippen LogP contribution in [0.25, 0.3) is 0 Å². The largest absolute Gasteiger partial charge is 0.492 e. The highest BCUT2D eigenvalue weighted by Gasteiger charge is 2.06. The fourth-order valence-electron chi connectivity index (χ4n) is 5.57. The highest BCUT2D eigenvalue weighted by Crippen LogP contribution is 2.18. The van der Waals surface area contributed by atoms with Crippen LogP contribution in [0.15, 0.2) is 101 Å². The van der Waals surface area contributed by atoms with Crippen LogP contribution in [0.4, 0.5) is 27.1 Å². The van der Waals surface area contributed by atoms with Crippen LogP contribution in [0, 0.1) is 26.0 Å². The Morgan fingerprint density at radius 1 is 0.530 bits per heavy atom. The molecule has 0 radical (unpaired) electrons. The van der Waals surface area contributed by atoms with Crippen LogP contribution in [-0.4, -0.2) is 140 Å². The highest BCUT2D eigenvalue weighted by atomic mass is 32.1. The number of likely N-dealkylation sites (N-methyl/N-ethyl adjacent to an activating group) is 4. The monoisotopic (exact) mass is 943 g/mol. The molecule has 0 aliphatic heterocycles. The van der Waals surface area contributed by atoms with Gasteiger partial charge in [-0.05, 0) is 125 Å². The molecule has 0 amide bonds. The van der Waals surface area contributed by atoms with Crippen LogP contribution in [0.2, 0.25) is 0 Å². The van der Waals surface area contributed by atoms with Crippen molar-refractivity contribution in [1.82, 2.24) is 19.6 Å². The number of aliphatic hydroxyl groups is 1. The maximum atomic E-state index is 12.1. The molecular formula is C48H75FN8O8S. The lowest BCUT2D eigenvalue weighted by molar-refractivity contribution is -0.385. The molecule has 0 atom stereocenters. The normalized spacial score (nSPS) is 10.3. The first-order valence-electron chi connectivity index (χ1n) is 22.6. The smallest absolute Gasteiger partial charge is 0.269 e. The van der Waals surface area contributed by atoms with Gasteiger partial charge in [0.2, 0.25) is 0 Å². The maximum Gasteiger partial charge on any atom is 0.269 e. The van der Waals surface area contributed by atoms with Crippen LogP contribution < -0.4 is 19.9 Å². The summed E-state index contributed by atoms with van der Waals surface area (Å²) in [4.78, 5) is 28.6. The van der Waals surface area contributed by atoms with E-state index in [1.165, 1.54) is 12.1 Å². The molecule has 0 spiro atoms. The van der Waals surface area contributed by atoms with E-state index in [2.05, 4.69) is 91.8 Å². The van der Waals surface area contributed by atoms with Crippen LogP contribution in [0.3, 0.4) is 0 Å². The number of non-ortho nitro benzene ring substituents is 2. The first-order chi connectivity index (χ1) is 31.8. The fourth-order valence-corrected chi connectivity index (χ4v) is 5.69. The van der Waals surface area contributed by atoms with Gasteiger partial charge in [0.15, 0.2) is 0 Å². The second-order valence-electron chi connectivity index (χ2n) is 14.0. The van der Waals surface area contributed by atoms with E-state index in [9.17, 15) is 24.6 Å². The summed E-state index contributed by atoms with van der Waals surface area (Å²) < 4.78 is 32.5. The van der Waals surface area contributed by atoms with E-state index in [0.717, 1.165) is 132 Å². The first-order valence-corrected chi connectivity index (χ1v) is 23.0. The van der Waals surface area contributed by atoms with E-state index >= 15 is 0 Å². The van der Waals surface area contributed by atoms with E-state index in [-0.39, 0.29) is 18.0 Å². The minimum atomic E-state index is -0.570. The van der Waals surface area contributed by atoms with Crippen molar-refractivity contribution in [2.75, 3.05) is 111 Å². The number of ether oxygens (including phenoxy) is 3. The van der Waals surface area contributed by atoms with Gasteiger partial charge in [-0.25, -0.2) is 4.39 Å². The molecule has 0 heterocycles. The average Bonchev–Trinajstić information content (AvgIpc) is 3.34. The van der Waals surface area contributed by atoms with Crippen LogP contribution in [0.5, 0.6) is 17.2 Å². The molecule has 3 N–H and O–H groups in total. The fraction of sp³-hybridized carbons (Fsp3) is 0.500. The summed E-state index contributed by atoms with van der Waals surface area (Å²) >= 11 is 4.59. The second kappa shape index (κ2) is 38.9. The standard InChI is InChI=1S/C12H18N2O3.C12H18N2OS.C12H20N2O.C6H4FNO2.C6H15NO/c1-3-13(4-2)9-10-17-12-7-5-11(6-8-12)14(15)16;1-3-14(4-2)9-10-15-12-7-5-11(13-16)6-8-12;1-3-14(4-2)9-10-15-12-7-5-11(13)6-8-12;7-5-1-3-6(4-2-5)8(9)10;1-3-7(4-2)5-6-8/h5-8H,3-4,9-10H2,1-2H3;5-8H,3-4,9-10H2,1-2H3;5-8H,3-4,9-10,13H2,1-2H3;1-4H;8H,3-6H2,1-2H3. The Labute approximate surface area is 397 Å². The molecular weight excluding hydrogens is 868 g/mol. The number of nitrogens with zero attached hydrogens (tertiary/aromatic N) is 7. The number of aliphatic hydroxyl groups excluding tert-OH is 1. The van der Waals surface area contributed by atoms with Crippen molar-refractivity contribution in [1.29, 1.82) is 0 Å². The summed E-state index contributed by atoms with van der Waals surface area (Å²) in [5, 5.41) is 28.9. The van der Waals surface area contributed by atoms with E-state index in [0.29, 0.717) is 19.0 Å². The Morgan fingerprint density at radius 2 is 0.818 bits per heavy atom. The van der Waals surface area contributed by atoms with Crippen molar-refractivity contribution in [3.8, 4) is 17.2 Å². The van der Waals surface area contributed by atoms with Crippen LogP contribution in [-0.2, 0) is 12.4 Å². The molecule has 0 fully saturated rings. The van der Waals surface area contributed by atoms with E-state index in [1.54, 1.807) is 12.1 Å². The number of anilines is 1. The number of nitrogen functional groups attached to an aromatic ring is 1. The third kappa shape index (κ3) is 29.2.